The highest BCUT2D eigenvalue weighted by molar-refractivity contribution is 5.25. The summed E-state index contributed by atoms with van der Waals surface area (Å²) in [6.07, 6.45) is -4.27. The Hall–Kier alpha value is -1.07. The van der Waals surface area contributed by atoms with Crippen molar-refractivity contribution in [3.63, 3.8) is 0 Å². The largest absolute Gasteiger partial charge is 0.416 e. The minimum Gasteiger partial charge on any atom is -0.314 e. The van der Waals surface area contributed by atoms with Crippen LogP contribution in [0.15, 0.2) is 24.3 Å². The van der Waals surface area contributed by atoms with Gasteiger partial charge in [-0.25, -0.2) is 0 Å². The Labute approximate surface area is 111 Å². The zero-order valence-corrected chi connectivity index (χ0v) is 11.2. The fourth-order valence-electron chi connectivity index (χ4n) is 2.38. The SMILES string of the molecule is CC1(C)CNCCN1Cc1cccc(C(F)(F)F)c1. The lowest BCUT2D eigenvalue weighted by atomic mass is 9.99. The van der Waals surface area contributed by atoms with Gasteiger partial charge < -0.3 is 5.32 Å². The number of alkyl halides is 3. The van der Waals surface area contributed by atoms with Crippen LogP contribution in [0, 0.1) is 0 Å². The minimum absolute atomic E-state index is 0.0352. The summed E-state index contributed by atoms with van der Waals surface area (Å²) in [5, 5.41) is 3.30. The second kappa shape index (κ2) is 5.13. The van der Waals surface area contributed by atoms with Gasteiger partial charge in [0, 0.05) is 31.7 Å². The quantitative estimate of drug-likeness (QED) is 0.890. The highest BCUT2D eigenvalue weighted by Gasteiger charge is 2.32. The molecule has 1 N–H and O–H groups in total. The van der Waals surface area contributed by atoms with Crippen LogP contribution in [0.1, 0.15) is 25.0 Å². The summed E-state index contributed by atoms with van der Waals surface area (Å²) in [5.74, 6) is 0. The van der Waals surface area contributed by atoms with Crippen LogP contribution in [0.3, 0.4) is 0 Å². The lowest BCUT2D eigenvalue weighted by Crippen LogP contribution is -2.57. The first-order valence-corrected chi connectivity index (χ1v) is 6.41. The highest BCUT2D eigenvalue weighted by atomic mass is 19.4. The van der Waals surface area contributed by atoms with Crippen LogP contribution >= 0.6 is 0 Å². The molecular formula is C14H19F3N2. The van der Waals surface area contributed by atoms with Crippen LogP contribution in [0.2, 0.25) is 0 Å². The Morgan fingerprint density at radius 1 is 1.32 bits per heavy atom. The number of benzene rings is 1. The van der Waals surface area contributed by atoms with E-state index in [0.29, 0.717) is 12.1 Å². The zero-order valence-electron chi connectivity index (χ0n) is 11.2. The van der Waals surface area contributed by atoms with Gasteiger partial charge in [-0.15, -0.1) is 0 Å². The maximum absolute atomic E-state index is 12.7. The van der Waals surface area contributed by atoms with Crippen LogP contribution in [0.25, 0.3) is 0 Å². The van der Waals surface area contributed by atoms with Crippen molar-refractivity contribution in [3.8, 4) is 0 Å². The van der Waals surface area contributed by atoms with Crippen molar-refractivity contribution in [2.75, 3.05) is 19.6 Å². The van der Waals surface area contributed by atoms with Crippen molar-refractivity contribution in [1.82, 2.24) is 10.2 Å². The van der Waals surface area contributed by atoms with E-state index in [2.05, 4.69) is 24.1 Å². The normalized spacial score (nSPS) is 20.5. The van der Waals surface area contributed by atoms with Crippen molar-refractivity contribution in [1.29, 1.82) is 0 Å². The van der Waals surface area contributed by atoms with E-state index in [0.717, 1.165) is 25.7 Å². The Kier molecular flexibility index (Phi) is 3.87. The molecule has 1 saturated heterocycles. The molecule has 2 nitrogen and oxygen atoms in total. The minimum atomic E-state index is -4.27. The van der Waals surface area contributed by atoms with Crippen LogP contribution in [-0.2, 0) is 12.7 Å². The van der Waals surface area contributed by atoms with E-state index in [1.165, 1.54) is 12.1 Å². The Morgan fingerprint density at radius 3 is 2.68 bits per heavy atom. The molecule has 0 amide bonds. The van der Waals surface area contributed by atoms with Crippen molar-refractivity contribution in [2.24, 2.45) is 0 Å². The maximum Gasteiger partial charge on any atom is 0.416 e. The lowest BCUT2D eigenvalue weighted by molar-refractivity contribution is -0.137. The average molecular weight is 272 g/mol. The molecule has 1 aliphatic heterocycles. The third-order valence-electron chi connectivity index (χ3n) is 3.60. The van der Waals surface area contributed by atoms with E-state index in [4.69, 9.17) is 0 Å². The molecule has 0 aliphatic carbocycles. The molecule has 19 heavy (non-hydrogen) atoms. The average Bonchev–Trinajstić information content (AvgIpc) is 2.31. The molecule has 0 aromatic heterocycles. The van der Waals surface area contributed by atoms with Crippen LogP contribution in [-0.4, -0.2) is 30.1 Å². The number of hydrogen-bond donors (Lipinski definition) is 1. The maximum atomic E-state index is 12.7. The van der Waals surface area contributed by atoms with Gasteiger partial charge in [-0.2, -0.15) is 13.2 Å². The van der Waals surface area contributed by atoms with Gasteiger partial charge in [-0.05, 0) is 25.5 Å². The summed E-state index contributed by atoms with van der Waals surface area (Å²) in [6.45, 7) is 7.34. The topological polar surface area (TPSA) is 15.3 Å². The van der Waals surface area contributed by atoms with E-state index in [1.807, 2.05) is 0 Å². The molecule has 1 fully saturated rings. The van der Waals surface area contributed by atoms with Gasteiger partial charge in [0.15, 0.2) is 0 Å². The van der Waals surface area contributed by atoms with Gasteiger partial charge >= 0.3 is 6.18 Å². The molecule has 2 rings (SSSR count). The fraction of sp³-hybridized carbons (Fsp3) is 0.571. The molecule has 1 heterocycles. The molecule has 1 aliphatic rings. The predicted octanol–water partition coefficient (Wildman–Crippen LogP) is 2.89. The number of rotatable bonds is 2. The summed E-state index contributed by atoms with van der Waals surface area (Å²) in [4.78, 5) is 2.22. The molecular weight excluding hydrogens is 253 g/mol. The first-order valence-electron chi connectivity index (χ1n) is 6.41. The third kappa shape index (κ3) is 3.48. The first kappa shape index (κ1) is 14.3. The summed E-state index contributed by atoms with van der Waals surface area (Å²) in [5.41, 5.74) is 0.106. The van der Waals surface area contributed by atoms with Gasteiger partial charge in [-0.1, -0.05) is 18.2 Å². The van der Waals surface area contributed by atoms with E-state index in [1.54, 1.807) is 6.07 Å². The molecule has 0 unspecified atom stereocenters. The molecule has 0 atom stereocenters. The smallest absolute Gasteiger partial charge is 0.314 e. The van der Waals surface area contributed by atoms with Gasteiger partial charge in [-0.3, -0.25) is 4.90 Å². The monoisotopic (exact) mass is 272 g/mol. The van der Waals surface area contributed by atoms with Crippen molar-refractivity contribution >= 4 is 0 Å². The number of nitrogens with zero attached hydrogens (tertiary/aromatic N) is 1. The Balaban J connectivity index is 2.15. The molecule has 106 valence electrons. The lowest BCUT2D eigenvalue weighted by Gasteiger charge is -2.43. The highest BCUT2D eigenvalue weighted by Crippen LogP contribution is 2.30. The number of nitrogens with one attached hydrogen (secondary N) is 1. The van der Waals surface area contributed by atoms with Gasteiger partial charge in [0.1, 0.15) is 0 Å². The summed E-state index contributed by atoms with van der Waals surface area (Å²) in [7, 11) is 0. The van der Waals surface area contributed by atoms with Crippen LogP contribution < -0.4 is 5.32 Å². The molecule has 1 aromatic carbocycles. The first-order chi connectivity index (χ1) is 8.79. The standard InChI is InChI=1S/C14H19F3N2/c1-13(2)10-18-6-7-19(13)9-11-4-3-5-12(8-11)14(15,16)17/h3-5,8,18H,6-7,9-10H2,1-2H3. The number of piperazine rings is 1. The van der Waals surface area contributed by atoms with Gasteiger partial charge in [0.25, 0.3) is 0 Å². The van der Waals surface area contributed by atoms with Crippen LogP contribution in [0.4, 0.5) is 13.2 Å². The van der Waals surface area contributed by atoms with E-state index in [-0.39, 0.29) is 5.54 Å². The summed E-state index contributed by atoms with van der Waals surface area (Å²) >= 11 is 0. The summed E-state index contributed by atoms with van der Waals surface area (Å²) in [6, 6.07) is 5.60. The predicted molar refractivity (Wildman–Crippen MR) is 68.8 cm³/mol. The zero-order chi connectivity index (χ0) is 14.1. The van der Waals surface area contributed by atoms with Gasteiger partial charge in [0.05, 0.1) is 5.56 Å². The molecule has 1 aromatic rings. The van der Waals surface area contributed by atoms with Crippen molar-refractivity contribution in [3.05, 3.63) is 35.4 Å². The van der Waals surface area contributed by atoms with E-state index >= 15 is 0 Å². The third-order valence-corrected chi connectivity index (χ3v) is 3.60. The molecule has 0 bridgehead atoms. The molecule has 5 heteroatoms. The second-order valence-corrected chi connectivity index (χ2v) is 5.61. The van der Waals surface area contributed by atoms with Gasteiger partial charge in [0.2, 0.25) is 0 Å². The Morgan fingerprint density at radius 2 is 2.05 bits per heavy atom. The van der Waals surface area contributed by atoms with E-state index < -0.39 is 11.7 Å². The number of halogens is 3. The molecule has 0 spiro atoms. The van der Waals surface area contributed by atoms with E-state index in [9.17, 15) is 13.2 Å². The van der Waals surface area contributed by atoms with Crippen LogP contribution in [0.5, 0.6) is 0 Å². The molecule has 0 radical (unpaired) electrons. The summed E-state index contributed by atoms with van der Waals surface area (Å²) < 4.78 is 38.0. The van der Waals surface area contributed by atoms with Crippen molar-refractivity contribution in [2.45, 2.75) is 32.1 Å². The van der Waals surface area contributed by atoms with Crippen molar-refractivity contribution < 1.29 is 13.2 Å². The fourth-order valence-corrected chi connectivity index (χ4v) is 2.38. The molecule has 0 saturated carbocycles. The Bertz CT molecular complexity index is 441. The second-order valence-electron chi connectivity index (χ2n) is 5.61. The number of hydrogen-bond acceptors (Lipinski definition) is 2.